The molecule has 0 spiro atoms. The fraction of sp³-hybridized carbons (Fsp3) is 0.450. The molecule has 1 saturated carbocycles. The molecule has 0 aliphatic heterocycles. The molecular formula is C20H25N3O3. The first kappa shape index (κ1) is 18.2. The third-order valence-electron chi connectivity index (χ3n) is 5.07. The molecule has 1 aromatic heterocycles. The average Bonchev–Trinajstić information content (AvgIpc) is 3.17. The summed E-state index contributed by atoms with van der Waals surface area (Å²) in [5, 5.41) is 4.22. The van der Waals surface area contributed by atoms with Gasteiger partial charge in [0.25, 0.3) is 5.91 Å². The number of likely N-dealkylation sites (N-methyl/N-ethyl adjacent to an activating group) is 1. The molecule has 3 rings (SSSR count). The van der Waals surface area contributed by atoms with Gasteiger partial charge in [-0.3, -0.25) is 4.79 Å². The van der Waals surface area contributed by atoms with Crippen molar-refractivity contribution in [2.75, 3.05) is 13.7 Å². The molecule has 26 heavy (non-hydrogen) atoms. The predicted octanol–water partition coefficient (Wildman–Crippen LogP) is 3.07. The topological polar surface area (TPSA) is 64.4 Å². The highest BCUT2D eigenvalue weighted by Gasteiger charge is 2.25. The minimum absolute atomic E-state index is 0.166. The third-order valence-corrected chi connectivity index (χ3v) is 5.07. The number of carbonyl (C=O) groups is 2. The normalized spacial score (nSPS) is 19.8. The van der Waals surface area contributed by atoms with E-state index in [2.05, 4.69) is 12.0 Å². The maximum absolute atomic E-state index is 12.3. The van der Waals surface area contributed by atoms with E-state index in [1.807, 2.05) is 30.3 Å². The molecule has 1 heterocycles. The third kappa shape index (κ3) is 4.31. The van der Waals surface area contributed by atoms with E-state index in [0.29, 0.717) is 0 Å². The van der Waals surface area contributed by atoms with Gasteiger partial charge in [0.1, 0.15) is 0 Å². The number of amides is 1. The molecule has 1 fully saturated rings. The zero-order chi connectivity index (χ0) is 18.5. The molecule has 1 aliphatic carbocycles. The number of benzene rings is 1. The lowest BCUT2D eigenvalue weighted by molar-refractivity contribution is -0.136. The number of aromatic nitrogens is 2. The van der Waals surface area contributed by atoms with Crippen molar-refractivity contribution >= 4 is 11.9 Å². The molecule has 0 bridgehead atoms. The lowest BCUT2D eigenvalue weighted by atomic mass is 9.87. The maximum Gasteiger partial charge on any atom is 0.359 e. The zero-order valence-corrected chi connectivity index (χ0v) is 15.3. The second-order valence-corrected chi connectivity index (χ2v) is 6.98. The molecule has 0 unspecified atom stereocenters. The van der Waals surface area contributed by atoms with E-state index in [4.69, 9.17) is 4.74 Å². The van der Waals surface area contributed by atoms with Crippen LogP contribution < -0.4 is 0 Å². The second-order valence-electron chi connectivity index (χ2n) is 6.98. The van der Waals surface area contributed by atoms with E-state index < -0.39 is 5.97 Å². The molecule has 0 saturated heterocycles. The lowest BCUT2D eigenvalue weighted by Crippen LogP contribution is -2.41. The first-order valence-corrected chi connectivity index (χ1v) is 9.08. The van der Waals surface area contributed by atoms with Crippen molar-refractivity contribution in [3.05, 3.63) is 48.3 Å². The van der Waals surface area contributed by atoms with Gasteiger partial charge in [0.2, 0.25) is 0 Å². The molecule has 1 aromatic carbocycles. The van der Waals surface area contributed by atoms with Gasteiger partial charge in [0.05, 0.1) is 5.69 Å². The number of hydrogen-bond acceptors (Lipinski definition) is 4. The van der Waals surface area contributed by atoms with Crippen LogP contribution in [0.15, 0.2) is 42.6 Å². The van der Waals surface area contributed by atoms with Crippen LogP contribution in [-0.4, -0.2) is 46.3 Å². The molecule has 6 heteroatoms. The summed E-state index contributed by atoms with van der Waals surface area (Å²) >= 11 is 0. The van der Waals surface area contributed by atoms with Gasteiger partial charge in [0, 0.05) is 19.3 Å². The van der Waals surface area contributed by atoms with Crippen molar-refractivity contribution in [2.24, 2.45) is 5.92 Å². The molecular weight excluding hydrogens is 330 g/mol. The number of esters is 1. The Kier molecular flexibility index (Phi) is 5.71. The highest BCUT2D eigenvalue weighted by atomic mass is 16.5. The SMILES string of the molecule is CC1CCC(N(C)C(=O)COC(=O)c2ccn(-c3ccccc3)n2)CC1. The first-order valence-electron chi connectivity index (χ1n) is 9.08. The second kappa shape index (κ2) is 8.17. The van der Waals surface area contributed by atoms with E-state index in [9.17, 15) is 9.59 Å². The highest BCUT2D eigenvalue weighted by Crippen LogP contribution is 2.26. The van der Waals surface area contributed by atoms with Crippen molar-refractivity contribution in [1.29, 1.82) is 0 Å². The molecule has 0 radical (unpaired) electrons. The molecule has 1 amide bonds. The Morgan fingerprint density at radius 2 is 1.85 bits per heavy atom. The number of hydrogen-bond donors (Lipinski definition) is 0. The minimum atomic E-state index is -0.585. The van der Waals surface area contributed by atoms with E-state index in [-0.39, 0.29) is 24.2 Å². The summed E-state index contributed by atoms with van der Waals surface area (Å²) in [7, 11) is 1.79. The first-order chi connectivity index (χ1) is 12.5. The van der Waals surface area contributed by atoms with E-state index >= 15 is 0 Å². The summed E-state index contributed by atoms with van der Waals surface area (Å²) in [6, 6.07) is 11.3. The van der Waals surface area contributed by atoms with E-state index in [0.717, 1.165) is 37.3 Å². The molecule has 6 nitrogen and oxygen atoms in total. The predicted molar refractivity (Wildman–Crippen MR) is 98.0 cm³/mol. The Labute approximate surface area is 153 Å². The Bertz CT molecular complexity index is 749. The fourth-order valence-corrected chi connectivity index (χ4v) is 3.29. The molecule has 0 N–H and O–H groups in total. The van der Waals surface area contributed by atoms with Crippen molar-refractivity contribution in [3.8, 4) is 5.69 Å². The van der Waals surface area contributed by atoms with Crippen LogP contribution in [0.5, 0.6) is 0 Å². The number of ether oxygens (including phenoxy) is 1. The molecule has 1 aliphatic rings. The van der Waals surface area contributed by atoms with Crippen LogP contribution in [0.2, 0.25) is 0 Å². The minimum Gasteiger partial charge on any atom is -0.451 e. The average molecular weight is 355 g/mol. The van der Waals surface area contributed by atoms with Gasteiger partial charge < -0.3 is 9.64 Å². The summed E-state index contributed by atoms with van der Waals surface area (Å²) in [5.41, 5.74) is 1.05. The van der Waals surface area contributed by atoms with Crippen LogP contribution >= 0.6 is 0 Å². The number of rotatable bonds is 5. The van der Waals surface area contributed by atoms with Gasteiger partial charge >= 0.3 is 5.97 Å². The Morgan fingerprint density at radius 1 is 1.15 bits per heavy atom. The smallest absolute Gasteiger partial charge is 0.359 e. The number of nitrogens with zero attached hydrogens (tertiary/aromatic N) is 3. The van der Waals surface area contributed by atoms with Crippen LogP contribution in [0.3, 0.4) is 0 Å². The van der Waals surface area contributed by atoms with Gasteiger partial charge in [-0.05, 0) is 49.8 Å². The Hall–Kier alpha value is -2.63. The fourth-order valence-electron chi connectivity index (χ4n) is 3.29. The summed E-state index contributed by atoms with van der Waals surface area (Å²) < 4.78 is 6.77. The number of carbonyl (C=O) groups excluding carboxylic acids is 2. The Morgan fingerprint density at radius 3 is 2.54 bits per heavy atom. The van der Waals surface area contributed by atoms with E-state index in [1.54, 1.807) is 28.9 Å². The highest BCUT2D eigenvalue weighted by molar-refractivity contribution is 5.89. The zero-order valence-electron chi connectivity index (χ0n) is 15.3. The van der Waals surface area contributed by atoms with Crippen molar-refractivity contribution in [3.63, 3.8) is 0 Å². The lowest BCUT2D eigenvalue weighted by Gasteiger charge is -2.33. The van der Waals surface area contributed by atoms with Crippen LogP contribution in [0.25, 0.3) is 5.69 Å². The summed E-state index contributed by atoms with van der Waals surface area (Å²) in [5.74, 6) is -0.0219. The monoisotopic (exact) mass is 355 g/mol. The van der Waals surface area contributed by atoms with E-state index in [1.165, 1.54) is 0 Å². The summed E-state index contributed by atoms with van der Waals surface area (Å²) in [4.78, 5) is 26.2. The molecule has 2 aromatic rings. The van der Waals surface area contributed by atoms with Gasteiger partial charge in [-0.2, -0.15) is 5.10 Å². The number of para-hydroxylation sites is 1. The van der Waals surface area contributed by atoms with Crippen molar-refractivity contribution in [2.45, 2.75) is 38.6 Å². The van der Waals surface area contributed by atoms with Crippen molar-refractivity contribution < 1.29 is 14.3 Å². The van der Waals surface area contributed by atoms with Crippen LogP contribution in [-0.2, 0) is 9.53 Å². The standard InChI is InChI=1S/C20H25N3O3/c1-15-8-10-16(11-9-15)22(2)19(24)14-26-20(25)18-12-13-23(21-18)17-6-4-3-5-7-17/h3-7,12-13,15-16H,8-11,14H2,1-2H3. The van der Waals surface area contributed by atoms with Crippen LogP contribution in [0.1, 0.15) is 43.1 Å². The quantitative estimate of drug-likeness (QED) is 0.773. The van der Waals surface area contributed by atoms with Gasteiger partial charge in [-0.25, -0.2) is 9.48 Å². The maximum atomic E-state index is 12.3. The van der Waals surface area contributed by atoms with Gasteiger partial charge in [0.15, 0.2) is 12.3 Å². The summed E-state index contributed by atoms with van der Waals surface area (Å²) in [6.07, 6.45) is 6.00. The summed E-state index contributed by atoms with van der Waals surface area (Å²) in [6.45, 7) is 1.99. The van der Waals surface area contributed by atoms with Crippen LogP contribution in [0.4, 0.5) is 0 Å². The largest absolute Gasteiger partial charge is 0.451 e. The van der Waals surface area contributed by atoms with Gasteiger partial charge in [-0.1, -0.05) is 25.1 Å². The molecule has 138 valence electrons. The molecule has 0 atom stereocenters. The van der Waals surface area contributed by atoms with Crippen molar-refractivity contribution in [1.82, 2.24) is 14.7 Å². The van der Waals surface area contributed by atoms with Crippen LogP contribution in [0, 0.1) is 5.92 Å². The Balaban J connectivity index is 1.52. The van der Waals surface area contributed by atoms with Gasteiger partial charge in [-0.15, -0.1) is 0 Å².